The highest BCUT2D eigenvalue weighted by molar-refractivity contribution is 7.22. The zero-order valence-electron chi connectivity index (χ0n) is 11.2. The fraction of sp³-hybridized carbons (Fsp3) is 0.385. The first kappa shape index (κ1) is 16.1. The van der Waals surface area contributed by atoms with Crippen LogP contribution in [0.4, 0.5) is 13.9 Å². The van der Waals surface area contributed by atoms with Crippen molar-refractivity contribution in [3.63, 3.8) is 0 Å². The summed E-state index contributed by atoms with van der Waals surface area (Å²) in [5.41, 5.74) is 1.90. The smallest absolute Gasteiger partial charge is 0.262 e. The van der Waals surface area contributed by atoms with Crippen LogP contribution in [0, 0.1) is 6.92 Å². The number of benzene rings is 1. The summed E-state index contributed by atoms with van der Waals surface area (Å²) in [4.78, 5) is 16.2. The third kappa shape index (κ3) is 3.48. The van der Waals surface area contributed by atoms with E-state index in [9.17, 15) is 13.6 Å². The van der Waals surface area contributed by atoms with Crippen LogP contribution < -0.4 is 10.6 Å². The molecule has 114 valence electrons. The maximum absolute atomic E-state index is 13.0. The third-order valence-corrected chi connectivity index (χ3v) is 4.13. The molecule has 2 heterocycles. The van der Waals surface area contributed by atoms with Gasteiger partial charge >= 0.3 is 0 Å². The zero-order valence-corrected chi connectivity index (χ0v) is 12.8. The Hall–Kier alpha value is -1.31. The minimum absolute atomic E-state index is 0. The molecule has 1 aromatic carbocycles. The van der Waals surface area contributed by atoms with Gasteiger partial charge in [0.25, 0.3) is 5.92 Å². The molecule has 1 saturated heterocycles. The average Bonchev–Trinajstić information content (AvgIpc) is 2.91. The van der Waals surface area contributed by atoms with E-state index in [1.54, 1.807) is 0 Å². The Morgan fingerprint density at radius 2 is 2.29 bits per heavy atom. The van der Waals surface area contributed by atoms with Gasteiger partial charge in [0, 0.05) is 6.42 Å². The number of hydrogen-bond acceptors (Lipinski definition) is 4. The van der Waals surface area contributed by atoms with Crippen molar-refractivity contribution < 1.29 is 13.6 Å². The van der Waals surface area contributed by atoms with Gasteiger partial charge in [0.1, 0.15) is 0 Å². The molecular weight excluding hydrogens is 320 g/mol. The van der Waals surface area contributed by atoms with Crippen molar-refractivity contribution in [1.82, 2.24) is 10.3 Å². The topological polar surface area (TPSA) is 54.0 Å². The molecule has 2 N–H and O–H groups in total. The summed E-state index contributed by atoms with van der Waals surface area (Å²) in [7, 11) is 0. The number of hydrogen-bond donors (Lipinski definition) is 2. The summed E-state index contributed by atoms with van der Waals surface area (Å²) >= 11 is 1.34. The summed E-state index contributed by atoms with van der Waals surface area (Å²) in [6.07, 6.45) is -0.469. The Kier molecular flexibility index (Phi) is 4.46. The summed E-state index contributed by atoms with van der Waals surface area (Å²) in [5.74, 6) is -3.27. The second kappa shape index (κ2) is 5.82. The number of aromatic nitrogens is 1. The molecule has 0 aliphatic carbocycles. The number of carbonyl (C=O) groups is 1. The normalized spacial score (nSPS) is 20.2. The second-order valence-electron chi connectivity index (χ2n) is 4.97. The van der Waals surface area contributed by atoms with Crippen LogP contribution in [-0.2, 0) is 4.79 Å². The van der Waals surface area contributed by atoms with Gasteiger partial charge in [-0.05, 0) is 24.6 Å². The molecule has 1 aliphatic rings. The Labute approximate surface area is 130 Å². The van der Waals surface area contributed by atoms with Gasteiger partial charge in [-0.2, -0.15) is 0 Å². The number of rotatable bonds is 2. The van der Waals surface area contributed by atoms with Crippen LogP contribution in [0.1, 0.15) is 12.0 Å². The number of nitrogens with zero attached hydrogens (tertiary/aromatic N) is 1. The van der Waals surface area contributed by atoms with Gasteiger partial charge in [0.2, 0.25) is 5.91 Å². The highest BCUT2D eigenvalue weighted by atomic mass is 35.5. The number of halogens is 3. The number of amides is 1. The quantitative estimate of drug-likeness (QED) is 0.888. The van der Waals surface area contributed by atoms with Crippen LogP contribution >= 0.6 is 23.7 Å². The highest BCUT2D eigenvalue weighted by Crippen LogP contribution is 2.29. The number of thiazole rings is 1. The SMILES string of the molecule is Cc1ccc2nc(NC(=O)C3CC(F)(F)CN3)sc2c1.Cl. The third-order valence-electron chi connectivity index (χ3n) is 3.20. The van der Waals surface area contributed by atoms with Crippen molar-refractivity contribution in [2.45, 2.75) is 25.3 Å². The van der Waals surface area contributed by atoms with Crippen LogP contribution in [0.25, 0.3) is 10.2 Å². The van der Waals surface area contributed by atoms with Crippen molar-refractivity contribution >= 4 is 45.0 Å². The van der Waals surface area contributed by atoms with Crippen molar-refractivity contribution in [2.75, 3.05) is 11.9 Å². The molecule has 0 radical (unpaired) electrons. The van der Waals surface area contributed by atoms with E-state index < -0.39 is 30.8 Å². The number of aryl methyl sites for hydroxylation is 1. The Morgan fingerprint density at radius 1 is 1.52 bits per heavy atom. The van der Waals surface area contributed by atoms with E-state index in [1.165, 1.54) is 11.3 Å². The van der Waals surface area contributed by atoms with Gasteiger partial charge in [-0.3, -0.25) is 10.1 Å². The number of fused-ring (bicyclic) bond motifs is 1. The molecule has 0 saturated carbocycles. The molecule has 1 aliphatic heterocycles. The zero-order chi connectivity index (χ0) is 14.3. The molecule has 4 nitrogen and oxygen atoms in total. The van der Waals surface area contributed by atoms with Crippen molar-refractivity contribution in [1.29, 1.82) is 0 Å². The Bertz CT molecular complexity index is 676. The molecule has 0 spiro atoms. The lowest BCUT2D eigenvalue weighted by molar-refractivity contribution is -0.118. The predicted molar refractivity (Wildman–Crippen MR) is 81.6 cm³/mol. The van der Waals surface area contributed by atoms with E-state index in [2.05, 4.69) is 15.6 Å². The van der Waals surface area contributed by atoms with Gasteiger partial charge in [0.15, 0.2) is 5.13 Å². The monoisotopic (exact) mass is 333 g/mol. The maximum atomic E-state index is 13.0. The van der Waals surface area contributed by atoms with Crippen LogP contribution in [-0.4, -0.2) is 29.4 Å². The highest BCUT2D eigenvalue weighted by Gasteiger charge is 2.42. The molecular formula is C13H14ClF2N3OS. The van der Waals surface area contributed by atoms with Gasteiger partial charge in [-0.15, -0.1) is 12.4 Å². The summed E-state index contributed by atoms with van der Waals surface area (Å²) in [5, 5.41) is 5.57. The first-order valence-electron chi connectivity index (χ1n) is 6.22. The van der Waals surface area contributed by atoms with Crippen LogP contribution in [0.15, 0.2) is 18.2 Å². The molecule has 1 atom stereocenters. The lowest BCUT2D eigenvalue weighted by atomic mass is 10.2. The number of alkyl halides is 2. The standard InChI is InChI=1S/C13H13F2N3OS.ClH/c1-7-2-3-8-10(4-7)20-12(17-8)18-11(19)9-5-13(14,15)6-16-9;/h2-4,9,16H,5-6H2,1H3,(H,17,18,19);1H. The summed E-state index contributed by atoms with van der Waals surface area (Å²) in [6.45, 7) is 1.52. The Morgan fingerprint density at radius 3 is 2.95 bits per heavy atom. The molecule has 1 unspecified atom stereocenters. The fourth-order valence-corrected chi connectivity index (χ4v) is 3.15. The molecule has 0 bridgehead atoms. The summed E-state index contributed by atoms with van der Waals surface area (Å²) in [6, 6.07) is 4.93. The van der Waals surface area contributed by atoms with E-state index >= 15 is 0 Å². The first-order valence-corrected chi connectivity index (χ1v) is 7.04. The van der Waals surface area contributed by atoms with Crippen LogP contribution in [0.3, 0.4) is 0 Å². The molecule has 1 amide bonds. The second-order valence-corrected chi connectivity index (χ2v) is 6.00. The molecule has 8 heteroatoms. The number of carbonyl (C=O) groups excluding carboxylic acids is 1. The van der Waals surface area contributed by atoms with E-state index in [0.29, 0.717) is 5.13 Å². The lowest BCUT2D eigenvalue weighted by Crippen LogP contribution is -2.35. The first-order chi connectivity index (χ1) is 9.43. The Balaban J connectivity index is 0.00000161. The average molecular weight is 334 g/mol. The van der Waals surface area contributed by atoms with Gasteiger partial charge < -0.3 is 5.32 Å². The number of anilines is 1. The van der Waals surface area contributed by atoms with Crippen LogP contribution in [0.5, 0.6) is 0 Å². The molecule has 2 aromatic rings. The van der Waals surface area contributed by atoms with E-state index in [-0.39, 0.29) is 12.4 Å². The van der Waals surface area contributed by atoms with Gasteiger partial charge in [-0.1, -0.05) is 17.4 Å². The van der Waals surface area contributed by atoms with Crippen molar-refractivity contribution in [2.24, 2.45) is 0 Å². The molecule has 21 heavy (non-hydrogen) atoms. The minimum atomic E-state index is -2.81. The predicted octanol–water partition coefficient (Wildman–Crippen LogP) is 2.96. The van der Waals surface area contributed by atoms with E-state index in [1.807, 2.05) is 25.1 Å². The lowest BCUT2D eigenvalue weighted by Gasteiger charge is -2.08. The van der Waals surface area contributed by atoms with Crippen molar-refractivity contribution in [3.05, 3.63) is 23.8 Å². The van der Waals surface area contributed by atoms with E-state index in [0.717, 1.165) is 15.8 Å². The van der Waals surface area contributed by atoms with E-state index in [4.69, 9.17) is 0 Å². The minimum Gasteiger partial charge on any atom is -0.301 e. The van der Waals surface area contributed by atoms with Gasteiger partial charge in [-0.25, -0.2) is 13.8 Å². The van der Waals surface area contributed by atoms with Gasteiger partial charge in [0.05, 0.1) is 22.8 Å². The largest absolute Gasteiger partial charge is 0.301 e. The molecule has 1 fully saturated rings. The number of nitrogens with one attached hydrogen (secondary N) is 2. The van der Waals surface area contributed by atoms with Crippen LogP contribution in [0.2, 0.25) is 0 Å². The summed E-state index contributed by atoms with van der Waals surface area (Å²) < 4.78 is 27.1. The molecule has 3 rings (SSSR count). The maximum Gasteiger partial charge on any atom is 0.262 e. The fourth-order valence-electron chi connectivity index (χ4n) is 2.18. The molecule has 1 aromatic heterocycles. The van der Waals surface area contributed by atoms with Crippen molar-refractivity contribution in [3.8, 4) is 0 Å².